The fourth-order valence-electron chi connectivity index (χ4n) is 5.59. The van der Waals surface area contributed by atoms with Crippen LogP contribution in [0.5, 0.6) is 0 Å². The van der Waals surface area contributed by atoms with Gasteiger partial charge in [-0.15, -0.1) is 0 Å². The van der Waals surface area contributed by atoms with Crippen molar-refractivity contribution in [2.45, 2.75) is 64.1 Å². The van der Waals surface area contributed by atoms with Crippen LogP contribution in [0.2, 0.25) is 0 Å². The average molecular weight is 386 g/mol. The van der Waals surface area contributed by atoms with Crippen LogP contribution >= 0.6 is 0 Å². The maximum Gasteiger partial charge on any atom is 0.257 e. The summed E-state index contributed by atoms with van der Waals surface area (Å²) in [6, 6.07) is 1.75. The number of furan rings is 1. The molecular formula is C22H30N2O4. The molecule has 1 aromatic rings. The molecule has 2 bridgehead atoms. The molecule has 1 N–H and O–H groups in total. The molecule has 1 aliphatic carbocycles. The molecule has 1 aromatic heterocycles. The highest BCUT2D eigenvalue weighted by molar-refractivity contribution is 5.95. The number of hydrogen-bond donors (Lipinski definition) is 1. The Kier molecular flexibility index (Phi) is 4.13. The zero-order valence-electron chi connectivity index (χ0n) is 16.8. The van der Waals surface area contributed by atoms with Crippen LogP contribution < -0.4 is 5.32 Å². The Morgan fingerprint density at radius 2 is 2.14 bits per heavy atom. The Balaban J connectivity index is 1.21. The summed E-state index contributed by atoms with van der Waals surface area (Å²) < 4.78 is 11.7. The molecular weight excluding hydrogens is 356 g/mol. The number of amides is 2. The summed E-state index contributed by atoms with van der Waals surface area (Å²) in [6.45, 7) is 6.11. The number of fused-ring (bicyclic) bond motifs is 1. The van der Waals surface area contributed by atoms with Crippen molar-refractivity contribution >= 4 is 11.8 Å². The van der Waals surface area contributed by atoms with Gasteiger partial charge in [0, 0.05) is 31.3 Å². The summed E-state index contributed by atoms with van der Waals surface area (Å²) in [7, 11) is 0. The van der Waals surface area contributed by atoms with Gasteiger partial charge in [0.2, 0.25) is 5.91 Å². The average Bonchev–Trinajstić information content (AvgIpc) is 3.08. The van der Waals surface area contributed by atoms with E-state index in [1.165, 1.54) is 12.8 Å². The van der Waals surface area contributed by atoms with Crippen molar-refractivity contribution in [2.75, 3.05) is 19.6 Å². The lowest BCUT2D eigenvalue weighted by Crippen LogP contribution is -2.41. The molecule has 4 aliphatic rings. The van der Waals surface area contributed by atoms with Gasteiger partial charge in [-0.2, -0.15) is 0 Å². The van der Waals surface area contributed by atoms with E-state index >= 15 is 0 Å². The second kappa shape index (κ2) is 6.34. The van der Waals surface area contributed by atoms with E-state index < -0.39 is 0 Å². The predicted molar refractivity (Wildman–Crippen MR) is 103 cm³/mol. The Labute approximate surface area is 166 Å². The Morgan fingerprint density at radius 3 is 2.86 bits per heavy atom. The molecule has 0 aromatic carbocycles. The number of hydrogen-bond acceptors (Lipinski definition) is 4. The van der Waals surface area contributed by atoms with Crippen LogP contribution in [0.15, 0.2) is 16.7 Å². The van der Waals surface area contributed by atoms with E-state index in [9.17, 15) is 9.59 Å². The van der Waals surface area contributed by atoms with Gasteiger partial charge in [0.25, 0.3) is 5.91 Å². The second-order valence-electron chi connectivity index (χ2n) is 9.72. The van der Waals surface area contributed by atoms with Crippen LogP contribution in [0, 0.1) is 24.2 Å². The van der Waals surface area contributed by atoms with Crippen molar-refractivity contribution in [1.29, 1.82) is 0 Å². The lowest BCUT2D eigenvalue weighted by molar-refractivity contribution is -0.121. The Morgan fingerprint density at radius 1 is 1.32 bits per heavy atom. The number of carbonyl (C=O) groups excluding carboxylic acids is 2. The predicted octanol–water partition coefficient (Wildman–Crippen LogP) is 2.90. The van der Waals surface area contributed by atoms with E-state index in [4.69, 9.17) is 9.15 Å². The number of aryl methyl sites for hydroxylation is 1. The molecule has 2 amide bonds. The number of carbonyl (C=O) groups is 2. The van der Waals surface area contributed by atoms with E-state index in [0.717, 1.165) is 19.3 Å². The van der Waals surface area contributed by atoms with Gasteiger partial charge in [-0.3, -0.25) is 9.59 Å². The molecule has 28 heavy (non-hydrogen) atoms. The quantitative estimate of drug-likeness (QED) is 0.816. The number of nitrogens with one attached hydrogen (secondary N) is 1. The molecule has 6 nitrogen and oxygen atoms in total. The molecule has 3 saturated heterocycles. The van der Waals surface area contributed by atoms with Crippen LogP contribution in [0.1, 0.15) is 61.6 Å². The topological polar surface area (TPSA) is 71.8 Å². The minimum Gasteiger partial charge on any atom is -0.469 e. The third-order valence-corrected chi connectivity index (χ3v) is 7.75. The zero-order chi connectivity index (χ0) is 19.5. The standard InChI is InChI=1S/C22H30N2O4/c1-14-15(5-10-27-14)20(26)24-12-17-16(18-3-7-22(17,13-24)28-18)11-23-19(25)4-6-21(2)8-9-21/h5,10,16-18H,3-4,6-9,11-13H2,1-2H3,(H,23,25)/t16-,17+,18+,22+/m0/s1. The van der Waals surface area contributed by atoms with Crippen LogP contribution in [0.25, 0.3) is 0 Å². The number of likely N-dealkylation sites (tertiary alicyclic amines) is 1. The molecule has 1 saturated carbocycles. The lowest BCUT2D eigenvalue weighted by Gasteiger charge is -2.29. The van der Waals surface area contributed by atoms with Crippen molar-refractivity contribution in [2.24, 2.45) is 17.3 Å². The van der Waals surface area contributed by atoms with Gasteiger partial charge in [-0.25, -0.2) is 0 Å². The van der Waals surface area contributed by atoms with Crippen LogP contribution in [-0.2, 0) is 9.53 Å². The summed E-state index contributed by atoms with van der Waals surface area (Å²) in [5.74, 6) is 1.46. The van der Waals surface area contributed by atoms with Gasteiger partial charge >= 0.3 is 0 Å². The van der Waals surface area contributed by atoms with Gasteiger partial charge < -0.3 is 19.4 Å². The van der Waals surface area contributed by atoms with E-state index in [-0.39, 0.29) is 23.5 Å². The third kappa shape index (κ3) is 2.97. The van der Waals surface area contributed by atoms with Crippen molar-refractivity contribution in [3.05, 3.63) is 23.7 Å². The Hall–Kier alpha value is -1.82. The van der Waals surface area contributed by atoms with Crippen LogP contribution in [0.4, 0.5) is 0 Å². The van der Waals surface area contributed by atoms with Gasteiger partial charge in [-0.05, 0) is 50.5 Å². The molecule has 4 fully saturated rings. The van der Waals surface area contributed by atoms with Gasteiger partial charge in [0.15, 0.2) is 0 Å². The number of rotatable bonds is 6. The third-order valence-electron chi connectivity index (χ3n) is 7.75. The first-order valence-electron chi connectivity index (χ1n) is 10.7. The molecule has 0 radical (unpaired) electrons. The first-order valence-corrected chi connectivity index (χ1v) is 10.7. The fraction of sp³-hybridized carbons (Fsp3) is 0.727. The molecule has 0 unspecified atom stereocenters. The molecule has 4 atom stereocenters. The van der Waals surface area contributed by atoms with Gasteiger partial charge in [0.05, 0.1) is 30.1 Å². The summed E-state index contributed by atoms with van der Waals surface area (Å²) in [5.41, 5.74) is 0.841. The van der Waals surface area contributed by atoms with E-state index in [1.54, 1.807) is 12.3 Å². The number of nitrogens with zero attached hydrogens (tertiary/aromatic N) is 1. The second-order valence-corrected chi connectivity index (χ2v) is 9.72. The van der Waals surface area contributed by atoms with Crippen LogP contribution in [-0.4, -0.2) is 48.1 Å². The smallest absolute Gasteiger partial charge is 0.257 e. The first kappa shape index (κ1) is 18.2. The molecule has 6 heteroatoms. The number of ether oxygens (including phenoxy) is 1. The molecule has 1 spiro atoms. The summed E-state index contributed by atoms with van der Waals surface area (Å²) >= 11 is 0. The highest BCUT2D eigenvalue weighted by Gasteiger charge is 2.63. The van der Waals surface area contributed by atoms with Crippen molar-refractivity contribution in [3.8, 4) is 0 Å². The van der Waals surface area contributed by atoms with E-state index in [0.29, 0.717) is 54.6 Å². The minimum absolute atomic E-state index is 0.0301. The summed E-state index contributed by atoms with van der Waals surface area (Å²) in [6.07, 6.45) is 7.95. The van der Waals surface area contributed by atoms with Crippen molar-refractivity contribution in [1.82, 2.24) is 10.2 Å². The van der Waals surface area contributed by atoms with Crippen molar-refractivity contribution < 1.29 is 18.7 Å². The maximum absolute atomic E-state index is 12.9. The maximum atomic E-state index is 12.9. The highest BCUT2D eigenvalue weighted by atomic mass is 16.5. The summed E-state index contributed by atoms with van der Waals surface area (Å²) in [4.78, 5) is 27.2. The van der Waals surface area contributed by atoms with E-state index in [1.807, 2.05) is 11.8 Å². The molecule has 152 valence electrons. The largest absolute Gasteiger partial charge is 0.469 e. The normalized spacial score (nSPS) is 34.5. The van der Waals surface area contributed by atoms with Gasteiger partial charge in [-0.1, -0.05) is 6.92 Å². The monoisotopic (exact) mass is 386 g/mol. The summed E-state index contributed by atoms with van der Waals surface area (Å²) in [5, 5.41) is 3.16. The first-order chi connectivity index (χ1) is 13.4. The van der Waals surface area contributed by atoms with E-state index in [2.05, 4.69) is 12.2 Å². The minimum atomic E-state index is -0.213. The fourth-order valence-corrected chi connectivity index (χ4v) is 5.59. The Bertz CT molecular complexity index is 798. The van der Waals surface area contributed by atoms with Crippen LogP contribution in [0.3, 0.4) is 0 Å². The zero-order valence-corrected chi connectivity index (χ0v) is 16.8. The highest BCUT2D eigenvalue weighted by Crippen LogP contribution is 2.55. The molecule has 5 rings (SSSR count). The molecule has 4 heterocycles. The SMILES string of the molecule is Cc1occc1C(=O)N1C[C@@H]2[C@H](CNC(=O)CCC3(C)CC3)[C@H]3CC[C@]2(C1)O3. The van der Waals surface area contributed by atoms with Gasteiger partial charge in [0.1, 0.15) is 5.76 Å². The molecule has 3 aliphatic heterocycles. The van der Waals surface area contributed by atoms with Crippen molar-refractivity contribution in [3.63, 3.8) is 0 Å². The lowest BCUT2D eigenvalue weighted by atomic mass is 9.73.